The Morgan fingerprint density at radius 1 is 1.34 bits per heavy atom. The van der Waals surface area contributed by atoms with Gasteiger partial charge in [0, 0.05) is 17.8 Å². The van der Waals surface area contributed by atoms with Crippen molar-refractivity contribution in [1.82, 2.24) is 14.6 Å². The van der Waals surface area contributed by atoms with Gasteiger partial charge in [0.25, 0.3) is 0 Å². The van der Waals surface area contributed by atoms with Crippen LogP contribution >= 0.6 is 0 Å². The number of carboxylic acids is 1. The van der Waals surface area contributed by atoms with Crippen molar-refractivity contribution < 1.29 is 14.6 Å². The van der Waals surface area contributed by atoms with Crippen LogP contribution in [0.4, 0.5) is 0 Å². The molecule has 1 unspecified atom stereocenters. The van der Waals surface area contributed by atoms with Gasteiger partial charge in [-0.05, 0) is 36.1 Å². The molecule has 3 aromatic rings. The number of fused-ring (bicyclic) bond motifs is 1. The highest BCUT2D eigenvalue weighted by atomic mass is 16.5. The summed E-state index contributed by atoms with van der Waals surface area (Å²) in [5, 5.41) is 13.5. The van der Waals surface area contributed by atoms with Crippen LogP contribution in [0.2, 0.25) is 0 Å². The fourth-order valence-electron chi connectivity index (χ4n) is 3.39. The van der Waals surface area contributed by atoms with Gasteiger partial charge in [-0.25, -0.2) is 14.3 Å². The molecule has 0 saturated heterocycles. The van der Waals surface area contributed by atoms with E-state index in [1.807, 2.05) is 30.3 Å². The van der Waals surface area contributed by atoms with Crippen molar-refractivity contribution in [3.8, 4) is 28.7 Å². The summed E-state index contributed by atoms with van der Waals surface area (Å²) in [6, 6.07) is 9.32. The average molecular weight is 387 g/mol. The van der Waals surface area contributed by atoms with Crippen molar-refractivity contribution in [2.24, 2.45) is 5.92 Å². The first-order valence-corrected chi connectivity index (χ1v) is 9.54. The Morgan fingerprint density at radius 2 is 2.14 bits per heavy atom. The fourth-order valence-corrected chi connectivity index (χ4v) is 3.39. The molecule has 29 heavy (non-hydrogen) atoms. The Labute approximate surface area is 168 Å². The molecule has 0 saturated carbocycles. The minimum atomic E-state index is -1.06. The van der Waals surface area contributed by atoms with Crippen molar-refractivity contribution in [2.75, 3.05) is 6.61 Å². The third-order valence-corrected chi connectivity index (χ3v) is 4.81. The van der Waals surface area contributed by atoms with Crippen molar-refractivity contribution >= 4 is 11.6 Å². The lowest BCUT2D eigenvalue weighted by Crippen LogP contribution is -2.10. The highest BCUT2D eigenvalue weighted by Crippen LogP contribution is 2.30. The molecule has 0 spiro atoms. The highest BCUT2D eigenvalue weighted by molar-refractivity contribution is 5.86. The molecule has 0 radical (unpaired) electrons. The fraction of sp³-hybridized carbons (Fsp3) is 0.261. The summed E-state index contributed by atoms with van der Waals surface area (Å²) in [5.41, 5.74) is 3.32. The Bertz CT molecular complexity index is 1150. The van der Waals surface area contributed by atoms with Crippen LogP contribution in [0.1, 0.15) is 42.4 Å². The first-order valence-electron chi connectivity index (χ1n) is 9.54. The number of benzene rings is 1. The van der Waals surface area contributed by atoms with Gasteiger partial charge in [-0.3, -0.25) is 0 Å². The summed E-state index contributed by atoms with van der Waals surface area (Å²) in [6.45, 7) is 4.67. The molecule has 6 nitrogen and oxygen atoms in total. The molecule has 1 N–H and O–H groups in total. The predicted molar refractivity (Wildman–Crippen MR) is 110 cm³/mol. The normalized spacial score (nSPS) is 15.3. The molecule has 0 aliphatic heterocycles. The number of hydrogen-bond acceptors (Lipinski definition) is 4. The molecule has 0 amide bonds. The number of hydrogen-bond donors (Lipinski definition) is 1. The van der Waals surface area contributed by atoms with Crippen LogP contribution in [0.15, 0.2) is 48.7 Å². The van der Waals surface area contributed by atoms with E-state index >= 15 is 0 Å². The molecule has 2 heterocycles. The van der Waals surface area contributed by atoms with E-state index < -0.39 is 5.97 Å². The molecule has 0 bridgehead atoms. The van der Waals surface area contributed by atoms with Gasteiger partial charge in [-0.15, -0.1) is 0 Å². The maximum atomic E-state index is 11.3. The number of carbonyl (C=O) groups is 1. The van der Waals surface area contributed by atoms with Gasteiger partial charge in [0.1, 0.15) is 12.4 Å². The number of nitrogens with zero attached hydrogens (tertiary/aromatic N) is 3. The lowest BCUT2D eigenvalue weighted by molar-refractivity contribution is 0.0690. The highest BCUT2D eigenvalue weighted by Gasteiger charge is 2.18. The summed E-state index contributed by atoms with van der Waals surface area (Å²) in [6.07, 6.45) is 6.63. The number of carboxylic acid groups (broad SMARTS) is 1. The number of rotatable bonds is 6. The van der Waals surface area contributed by atoms with Crippen LogP contribution in [0, 0.1) is 17.8 Å². The van der Waals surface area contributed by atoms with E-state index in [1.165, 1.54) is 6.07 Å². The van der Waals surface area contributed by atoms with Gasteiger partial charge in [0.2, 0.25) is 0 Å². The van der Waals surface area contributed by atoms with E-state index in [0.29, 0.717) is 12.3 Å². The number of aromatic nitrogens is 3. The Hall–Kier alpha value is -3.59. The van der Waals surface area contributed by atoms with Gasteiger partial charge < -0.3 is 9.84 Å². The van der Waals surface area contributed by atoms with Crippen molar-refractivity contribution in [2.45, 2.75) is 26.2 Å². The molecule has 6 heteroatoms. The summed E-state index contributed by atoms with van der Waals surface area (Å²) in [4.78, 5) is 15.7. The van der Waals surface area contributed by atoms with E-state index in [9.17, 15) is 9.90 Å². The second-order valence-electron chi connectivity index (χ2n) is 7.28. The second kappa shape index (κ2) is 7.80. The van der Waals surface area contributed by atoms with E-state index in [2.05, 4.69) is 41.8 Å². The van der Waals surface area contributed by atoms with Crippen molar-refractivity contribution in [3.05, 3.63) is 60.1 Å². The van der Waals surface area contributed by atoms with Crippen LogP contribution in [-0.4, -0.2) is 32.3 Å². The maximum absolute atomic E-state index is 11.3. The molecule has 1 atom stereocenters. The standard InChI is InChI=1S/C23H21N3O3/c1-15(2)22-19(13-24-21-12-20(23(27)28)25-26(21)22)17-8-10-18(11-9-17)29-14-16-6-4-3-5-7-16/h3-4,8-13,15-16H,6,14H2,1-2H3,(H,27,28). The molecular formula is C23H21N3O3. The molecule has 146 valence electrons. The quantitative estimate of drug-likeness (QED) is 0.642. The van der Waals surface area contributed by atoms with Gasteiger partial charge in [-0.2, -0.15) is 5.10 Å². The van der Waals surface area contributed by atoms with E-state index in [0.717, 1.165) is 29.0 Å². The van der Waals surface area contributed by atoms with Gasteiger partial charge in [0.15, 0.2) is 11.3 Å². The SMILES string of the molecule is CC(C)c1c(-c2ccc(OCC3C#CC=CC3)cc2)cnc2cc(C(=O)O)nn12. The third-order valence-electron chi connectivity index (χ3n) is 4.81. The Morgan fingerprint density at radius 3 is 2.79 bits per heavy atom. The van der Waals surface area contributed by atoms with Crippen LogP contribution in [0.25, 0.3) is 16.8 Å². The third kappa shape index (κ3) is 3.85. The van der Waals surface area contributed by atoms with E-state index in [1.54, 1.807) is 10.7 Å². The molecule has 1 aliphatic carbocycles. The smallest absolute Gasteiger partial charge is 0.356 e. The average Bonchev–Trinajstić information content (AvgIpc) is 3.17. The number of ether oxygens (including phenoxy) is 1. The minimum absolute atomic E-state index is 0.0130. The zero-order valence-electron chi connectivity index (χ0n) is 16.3. The first-order chi connectivity index (χ1) is 14.0. The molecule has 1 aromatic carbocycles. The van der Waals surface area contributed by atoms with E-state index in [-0.39, 0.29) is 17.5 Å². The Kier molecular flexibility index (Phi) is 5.05. The molecule has 0 fully saturated rings. The monoisotopic (exact) mass is 387 g/mol. The van der Waals surface area contributed by atoms with Crippen molar-refractivity contribution in [3.63, 3.8) is 0 Å². The minimum Gasteiger partial charge on any atom is -0.492 e. The molecule has 1 aliphatic rings. The molecule has 2 aromatic heterocycles. The zero-order valence-corrected chi connectivity index (χ0v) is 16.3. The van der Waals surface area contributed by atoms with Crippen LogP contribution in [-0.2, 0) is 0 Å². The summed E-state index contributed by atoms with van der Waals surface area (Å²) < 4.78 is 7.51. The lowest BCUT2D eigenvalue weighted by Gasteiger charge is -2.15. The van der Waals surface area contributed by atoms with Crippen LogP contribution < -0.4 is 4.74 Å². The van der Waals surface area contributed by atoms with E-state index in [4.69, 9.17) is 4.74 Å². The maximum Gasteiger partial charge on any atom is 0.356 e. The lowest BCUT2D eigenvalue weighted by atomic mass is 9.99. The number of aromatic carboxylic acids is 1. The summed E-state index contributed by atoms with van der Waals surface area (Å²) in [5.74, 6) is 6.21. The second-order valence-corrected chi connectivity index (χ2v) is 7.28. The van der Waals surface area contributed by atoms with Gasteiger partial charge in [-0.1, -0.05) is 43.9 Å². The number of allylic oxidation sites excluding steroid dienone is 2. The van der Waals surface area contributed by atoms with Gasteiger partial charge in [0.05, 0.1) is 11.6 Å². The van der Waals surface area contributed by atoms with Gasteiger partial charge >= 0.3 is 5.97 Å². The molecular weight excluding hydrogens is 366 g/mol. The topological polar surface area (TPSA) is 76.7 Å². The van der Waals surface area contributed by atoms with Crippen molar-refractivity contribution in [1.29, 1.82) is 0 Å². The van der Waals surface area contributed by atoms with Crippen LogP contribution in [0.5, 0.6) is 5.75 Å². The first kappa shape index (κ1) is 18.8. The predicted octanol–water partition coefficient (Wildman–Crippen LogP) is 4.18. The largest absolute Gasteiger partial charge is 0.492 e. The van der Waals surface area contributed by atoms with Crippen LogP contribution in [0.3, 0.4) is 0 Å². The summed E-state index contributed by atoms with van der Waals surface area (Å²) >= 11 is 0. The molecule has 4 rings (SSSR count). The Balaban J connectivity index is 1.62. The summed E-state index contributed by atoms with van der Waals surface area (Å²) in [7, 11) is 0. The zero-order chi connectivity index (χ0) is 20.4.